The first-order chi connectivity index (χ1) is 5.92. The van der Waals surface area contributed by atoms with E-state index in [0.29, 0.717) is 5.88 Å². The van der Waals surface area contributed by atoms with Crippen LogP contribution in [0.3, 0.4) is 0 Å². The third kappa shape index (κ3) is 2.28. The van der Waals surface area contributed by atoms with Crippen LogP contribution in [0.25, 0.3) is 10.8 Å². The summed E-state index contributed by atoms with van der Waals surface area (Å²) in [6.45, 7) is 0. The number of hydrogen-bond donors (Lipinski definition) is 0. The van der Waals surface area contributed by atoms with Crippen LogP contribution in [0.5, 0.6) is 5.88 Å². The molecule has 0 fully saturated rings. The molecule has 0 saturated heterocycles. The van der Waals surface area contributed by atoms with Crippen LogP contribution in [0.1, 0.15) is 0 Å². The third-order valence-electron chi connectivity index (χ3n) is 1.83. The molecule has 4 heteroatoms. The maximum Gasteiger partial charge on any atom is 0.221 e. The van der Waals surface area contributed by atoms with Crippen molar-refractivity contribution in [2.24, 2.45) is 0 Å². The van der Waals surface area contributed by atoms with Crippen LogP contribution < -0.4 is 4.74 Å². The molecule has 0 unspecified atom stereocenters. The zero-order chi connectivity index (χ0) is 8.39. The molecular weight excluding hydrogens is 221 g/mol. The van der Waals surface area contributed by atoms with Crippen molar-refractivity contribution >= 4 is 35.6 Å². The fourth-order valence-electron chi connectivity index (χ4n) is 1.25. The van der Waals surface area contributed by atoms with E-state index in [2.05, 4.69) is 4.98 Å². The molecule has 0 saturated carbocycles. The summed E-state index contributed by atoms with van der Waals surface area (Å²) < 4.78 is 5.12. The molecule has 0 amide bonds. The lowest BCUT2D eigenvalue weighted by molar-refractivity contribution is 0.403. The summed E-state index contributed by atoms with van der Waals surface area (Å²) in [5.74, 6) is 0.688. The average Bonchev–Trinajstić information content (AvgIpc) is 2.17. The minimum absolute atomic E-state index is 0. The van der Waals surface area contributed by atoms with Crippen LogP contribution in [0, 0.1) is 0 Å². The Balaban J connectivity index is 0.000000845. The van der Waals surface area contributed by atoms with Gasteiger partial charge in [-0.05, 0) is 17.5 Å². The van der Waals surface area contributed by atoms with Crippen molar-refractivity contribution in [2.45, 2.75) is 0 Å². The summed E-state index contributed by atoms with van der Waals surface area (Å²) in [6, 6.07) is 9.99. The van der Waals surface area contributed by atoms with Crippen molar-refractivity contribution in [1.82, 2.24) is 4.98 Å². The summed E-state index contributed by atoms with van der Waals surface area (Å²) in [4.78, 5) is 4.10. The van der Waals surface area contributed by atoms with Crippen LogP contribution in [0.4, 0.5) is 0 Å². The Morgan fingerprint density at radius 1 is 1.07 bits per heavy atom. The van der Waals surface area contributed by atoms with E-state index in [-0.39, 0.29) is 24.8 Å². The summed E-state index contributed by atoms with van der Waals surface area (Å²) in [5, 5.41) is 2.21. The molecule has 0 aliphatic rings. The first-order valence-corrected chi connectivity index (χ1v) is 3.79. The summed E-state index contributed by atoms with van der Waals surface area (Å²) in [7, 11) is 1.63. The normalized spacial score (nSPS) is 8.64. The van der Waals surface area contributed by atoms with Gasteiger partial charge in [0, 0.05) is 11.6 Å². The Labute approximate surface area is 95.1 Å². The number of methoxy groups -OCH3 is 1. The average molecular weight is 232 g/mol. The molecule has 14 heavy (non-hydrogen) atoms. The number of aromatic nitrogens is 1. The molecule has 2 nitrogen and oxygen atoms in total. The van der Waals surface area contributed by atoms with Crippen molar-refractivity contribution < 1.29 is 4.74 Å². The highest BCUT2D eigenvalue weighted by atomic mass is 35.5. The smallest absolute Gasteiger partial charge is 0.221 e. The first-order valence-electron chi connectivity index (χ1n) is 3.79. The minimum atomic E-state index is 0. The van der Waals surface area contributed by atoms with E-state index in [1.165, 1.54) is 0 Å². The second-order valence-electron chi connectivity index (χ2n) is 2.54. The zero-order valence-corrected chi connectivity index (χ0v) is 9.27. The zero-order valence-electron chi connectivity index (χ0n) is 7.64. The van der Waals surface area contributed by atoms with Crippen LogP contribution in [0.15, 0.2) is 36.5 Å². The Kier molecular flexibility index (Phi) is 5.28. The van der Waals surface area contributed by atoms with Gasteiger partial charge in [-0.3, -0.25) is 0 Å². The van der Waals surface area contributed by atoms with Gasteiger partial charge in [-0.15, -0.1) is 24.8 Å². The summed E-state index contributed by atoms with van der Waals surface area (Å²) >= 11 is 0. The standard InChI is InChI=1S/C10H9NO.2ClH/c1-12-10-9-5-3-2-4-8(9)6-7-11-10;;/h2-7H,1H3;2*1H. The van der Waals surface area contributed by atoms with Crippen molar-refractivity contribution in [2.75, 3.05) is 7.11 Å². The van der Waals surface area contributed by atoms with Crippen LogP contribution in [-0.2, 0) is 0 Å². The highest BCUT2D eigenvalue weighted by Crippen LogP contribution is 2.21. The van der Waals surface area contributed by atoms with E-state index >= 15 is 0 Å². The van der Waals surface area contributed by atoms with Crippen molar-refractivity contribution in [3.63, 3.8) is 0 Å². The molecular formula is C10H11Cl2NO. The molecule has 0 spiro atoms. The fraction of sp³-hybridized carbons (Fsp3) is 0.100. The Bertz CT molecular complexity index is 401. The van der Waals surface area contributed by atoms with E-state index < -0.39 is 0 Å². The molecule has 1 aromatic heterocycles. The lowest BCUT2D eigenvalue weighted by atomic mass is 10.2. The molecule has 0 bridgehead atoms. The molecule has 0 aliphatic heterocycles. The van der Waals surface area contributed by atoms with Gasteiger partial charge in [-0.25, -0.2) is 4.98 Å². The number of ether oxygens (including phenoxy) is 1. The Hall–Kier alpha value is -0.990. The monoisotopic (exact) mass is 231 g/mol. The molecule has 1 aromatic carbocycles. The van der Waals surface area contributed by atoms with Gasteiger partial charge < -0.3 is 4.74 Å². The van der Waals surface area contributed by atoms with E-state index in [0.717, 1.165) is 10.8 Å². The molecule has 2 rings (SSSR count). The molecule has 1 heterocycles. The maximum atomic E-state index is 5.12. The quantitative estimate of drug-likeness (QED) is 0.753. The number of pyridine rings is 1. The van der Waals surface area contributed by atoms with Crippen LogP contribution in [0.2, 0.25) is 0 Å². The number of hydrogen-bond acceptors (Lipinski definition) is 2. The molecule has 0 atom stereocenters. The van der Waals surface area contributed by atoms with Gasteiger partial charge >= 0.3 is 0 Å². The van der Waals surface area contributed by atoms with Crippen molar-refractivity contribution in [3.8, 4) is 5.88 Å². The Morgan fingerprint density at radius 3 is 2.50 bits per heavy atom. The molecule has 76 valence electrons. The molecule has 2 aromatic rings. The number of nitrogens with zero attached hydrogens (tertiary/aromatic N) is 1. The van der Waals surface area contributed by atoms with Crippen LogP contribution in [-0.4, -0.2) is 12.1 Å². The minimum Gasteiger partial charge on any atom is -0.481 e. The summed E-state index contributed by atoms with van der Waals surface area (Å²) in [6.07, 6.45) is 1.75. The third-order valence-corrected chi connectivity index (χ3v) is 1.83. The molecule has 0 N–H and O–H groups in total. The van der Waals surface area contributed by atoms with E-state index in [1.807, 2.05) is 30.3 Å². The number of benzene rings is 1. The number of halogens is 2. The van der Waals surface area contributed by atoms with Gasteiger partial charge in [0.05, 0.1) is 7.11 Å². The number of rotatable bonds is 1. The van der Waals surface area contributed by atoms with Crippen molar-refractivity contribution in [1.29, 1.82) is 0 Å². The Morgan fingerprint density at radius 2 is 1.79 bits per heavy atom. The van der Waals surface area contributed by atoms with E-state index in [4.69, 9.17) is 4.74 Å². The van der Waals surface area contributed by atoms with Gasteiger partial charge in [0.25, 0.3) is 0 Å². The predicted molar refractivity (Wildman–Crippen MR) is 62.8 cm³/mol. The second kappa shape index (κ2) is 5.68. The van der Waals surface area contributed by atoms with Gasteiger partial charge in [0.2, 0.25) is 5.88 Å². The molecule has 0 aliphatic carbocycles. The van der Waals surface area contributed by atoms with Gasteiger partial charge in [-0.1, -0.05) is 18.2 Å². The topological polar surface area (TPSA) is 22.1 Å². The van der Waals surface area contributed by atoms with Crippen molar-refractivity contribution in [3.05, 3.63) is 36.5 Å². The fourth-order valence-corrected chi connectivity index (χ4v) is 1.25. The SMILES string of the molecule is COc1nccc2ccccc12.Cl.Cl. The van der Waals surface area contributed by atoms with E-state index in [9.17, 15) is 0 Å². The summed E-state index contributed by atoms with van der Waals surface area (Å²) in [5.41, 5.74) is 0. The largest absolute Gasteiger partial charge is 0.481 e. The maximum absolute atomic E-state index is 5.12. The molecule has 0 radical (unpaired) electrons. The van der Waals surface area contributed by atoms with E-state index in [1.54, 1.807) is 13.3 Å². The van der Waals surface area contributed by atoms with Gasteiger partial charge in [-0.2, -0.15) is 0 Å². The van der Waals surface area contributed by atoms with Gasteiger partial charge in [0.1, 0.15) is 0 Å². The lowest BCUT2D eigenvalue weighted by Gasteiger charge is -2.01. The second-order valence-corrected chi connectivity index (χ2v) is 2.54. The first kappa shape index (κ1) is 13.0. The highest BCUT2D eigenvalue weighted by molar-refractivity contribution is 5.86. The predicted octanol–water partition coefficient (Wildman–Crippen LogP) is 3.09. The lowest BCUT2D eigenvalue weighted by Crippen LogP contribution is -1.87. The highest BCUT2D eigenvalue weighted by Gasteiger charge is 1.98. The van der Waals surface area contributed by atoms with Gasteiger partial charge in [0.15, 0.2) is 0 Å². The van der Waals surface area contributed by atoms with Crippen LogP contribution >= 0.6 is 24.8 Å². The number of fused-ring (bicyclic) bond motifs is 1.